The molecule has 116 valence electrons. The fourth-order valence-electron chi connectivity index (χ4n) is 3.48. The Kier molecular flexibility index (Phi) is 2.99. The maximum Gasteiger partial charge on any atom is 0.181 e. The molecular formula is C16H14N4OS2. The number of anilines is 1. The first-order valence-corrected chi connectivity index (χ1v) is 9.86. The smallest absolute Gasteiger partial charge is 0.181 e. The minimum atomic E-state index is -0.666. The van der Waals surface area contributed by atoms with E-state index in [0.29, 0.717) is 17.1 Å². The quantitative estimate of drug-likeness (QED) is 0.716. The van der Waals surface area contributed by atoms with Crippen LogP contribution in [-0.2, 0) is 10.8 Å². The van der Waals surface area contributed by atoms with Gasteiger partial charge < -0.3 is 4.90 Å². The van der Waals surface area contributed by atoms with Gasteiger partial charge in [0.25, 0.3) is 0 Å². The van der Waals surface area contributed by atoms with Crippen molar-refractivity contribution in [1.82, 2.24) is 15.0 Å². The van der Waals surface area contributed by atoms with E-state index in [1.807, 2.05) is 18.2 Å². The summed E-state index contributed by atoms with van der Waals surface area (Å²) in [5.74, 6) is 2.40. The first-order valence-electron chi connectivity index (χ1n) is 7.60. The predicted molar refractivity (Wildman–Crippen MR) is 93.2 cm³/mol. The molecule has 0 aliphatic carbocycles. The standard InChI is InChI=1S/C16H14N4OS2/c21-23-9-10-7-11(23)8-20(10)15-12-4-6-22-16(12)19-14(18-15)13-3-1-2-5-17-13/h1-6,10-11H,7-9H2/t10-,11-,23?/m0/s1. The van der Waals surface area contributed by atoms with E-state index in [-0.39, 0.29) is 0 Å². The van der Waals surface area contributed by atoms with Crippen LogP contribution in [0.3, 0.4) is 0 Å². The summed E-state index contributed by atoms with van der Waals surface area (Å²) in [4.78, 5) is 17.2. The van der Waals surface area contributed by atoms with Crippen LogP contribution in [0, 0.1) is 0 Å². The molecule has 0 aromatic carbocycles. The van der Waals surface area contributed by atoms with Crippen molar-refractivity contribution in [3.8, 4) is 11.5 Å². The molecule has 2 fully saturated rings. The minimum absolute atomic E-state index is 0.293. The van der Waals surface area contributed by atoms with Crippen LogP contribution in [0.25, 0.3) is 21.7 Å². The van der Waals surface area contributed by atoms with Crippen molar-refractivity contribution in [2.75, 3.05) is 17.2 Å². The number of thiophene rings is 1. The second-order valence-corrected chi connectivity index (χ2v) is 8.59. The Morgan fingerprint density at radius 2 is 2.22 bits per heavy atom. The maximum absolute atomic E-state index is 12.0. The number of hydrogen-bond donors (Lipinski definition) is 0. The van der Waals surface area contributed by atoms with Crippen molar-refractivity contribution in [3.05, 3.63) is 35.8 Å². The van der Waals surface area contributed by atoms with Gasteiger partial charge in [-0.05, 0) is 30.0 Å². The van der Waals surface area contributed by atoms with E-state index in [4.69, 9.17) is 4.98 Å². The average molecular weight is 342 g/mol. The Balaban J connectivity index is 1.66. The van der Waals surface area contributed by atoms with Gasteiger partial charge >= 0.3 is 0 Å². The molecule has 2 saturated heterocycles. The molecule has 3 atom stereocenters. The highest BCUT2D eigenvalue weighted by atomic mass is 32.2. The number of rotatable bonds is 2. The normalized spacial score (nSPS) is 26.3. The molecular weight excluding hydrogens is 328 g/mol. The van der Waals surface area contributed by atoms with Crippen LogP contribution in [0.1, 0.15) is 6.42 Å². The third kappa shape index (κ3) is 2.10. The molecule has 5 heterocycles. The van der Waals surface area contributed by atoms with E-state index < -0.39 is 10.8 Å². The zero-order chi connectivity index (χ0) is 15.4. The predicted octanol–water partition coefficient (Wildman–Crippen LogP) is 2.46. The lowest BCUT2D eigenvalue weighted by atomic mass is 10.2. The molecule has 5 nitrogen and oxygen atoms in total. The van der Waals surface area contributed by atoms with E-state index >= 15 is 0 Å². The number of hydrogen-bond acceptors (Lipinski definition) is 6. The Hall–Kier alpha value is -1.86. The second kappa shape index (κ2) is 5.07. The molecule has 7 heteroatoms. The third-order valence-electron chi connectivity index (χ3n) is 4.58. The average Bonchev–Trinajstić information content (AvgIpc) is 3.29. The van der Waals surface area contributed by atoms with Crippen LogP contribution in [0.2, 0.25) is 0 Å². The summed E-state index contributed by atoms with van der Waals surface area (Å²) in [6.45, 7) is 0.834. The van der Waals surface area contributed by atoms with E-state index in [9.17, 15) is 4.21 Å². The third-order valence-corrected chi connectivity index (χ3v) is 7.18. The molecule has 3 aromatic rings. The zero-order valence-electron chi connectivity index (χ0n) is 12.3. The molecule has 5 rings (SSSR count). The number of fused-ring (bicyclic) bond motifs is 3. The highest BCUT2D eigenvalue weighted by Gasteiger charge is 2.44. The summed E-state index contributed by atoms with van der Waals surface area (Å²) in [7, 11) is -0.666. The van der Waals surface area contributed by atoms with Gasteiger partial charge in [0.05, 0.1) is 10.6 Å². The molecule has 0 amide bonds. The lowest BCUT2D eigenvalue weighted by Crippen LogP contribution is -2.38. The van der Waals surface area contributed by atoms with Gasteiger partial charge in [0.1, 0.15) is 16.3 Å². The van der Waals surface area contributed by atoms with Crippen LogP contribution in [0.5, 0.6) is 0 Å². The van der Waals surface area contributed by atoms with Crippen LogP contribution >= 0.6 is 11.3 Å². The largest absolute Gasteiger partial charge is 0.351 e. The highest BCUT2D eigenvalue weighted by molar-refractivity contribution is 7.86. The van der Waals surface area contributed by atoms with Crippen molar-refractivity contribution < 1.29 is 4.21 Å². The van der Waals surface area contributed by atoms with Crippen LogP contribution in [0.15, 0.2) is 35.8 Å². The molecule has 0 spiro atoms. The van der Waals surface area contributed by atoms with E-state index in [0.717, 1.165) is 40.4 Å². The SMILES string of the molecule is O=S1C[C@@H]2C[C@H]1CN2c1nc(-c2ccccn2)nc2sccc12. The summed E-state index contributed by atoms with van der Waals surface area (Å²) in [6.07, 6.45) is 2.78. The summed E-state index contributed by atoms with van der Waals surface area (Å²) in [6, 6.07) is 8.20. The zero-order valence-corrected chi connectivity index (χ0v) is 13.9. The van der Waals surface area contributed by atoms with E-state index in [1.165, 1.54) is 0 Å². The molecule has 2 aliphatic rings. The van der Waals surface area contributed by atoms with Crippen molar-refractivity contribution in [2.24, 2.45) is 0 Å². The molecule has 2 bridgehead atoms. The molecule has 0 radical (unpaired) electrons. The Morgan fingerprint density at radius 1 is 1.26 bits per heavy atom. The van der Waals surface area contributed by atoms with Gasteiger partial charge in [0.2, 0.25) is 0 Å². The molecule has 3 aromatic heterocycles. The maximum atomic E-state index is 12.0. The molecule has 1 unspecified atom stereocenters. The van der Waals surface area contributed by atoms with Crippen molar-refractivity contribution in [1.29, 1.82) is 0 Å². The summed E-state index contributed by atoms with van der Waals surface area (Å²) in [5.41, 5.74) is 0.789. The monoisotopic (exact) mass is 342 g/mol. The van der Waals surface area contributed by atoms with Gasteiger partial charge in [-0.15, -0.1) is 11.3 Å². The summed E-state index contributed by atoms with van der Waals surface area (Å²) < 4.78 is 12.0. The fraction of sp³-hybridized carbons (Fsp3) is 0.312. The lowest BCUT2D eigenvalue weighted by molar-refractivity contribution is 0.671. The Morgan fingerprint density at radius 3 is 2.96 bits per heavy atom. The van der Waals surface area contributed by atoms with Crippen LogP contribution < -0.4 is 4.90 Å². The second-order valence-electron chi connectivity index (χ2n) is 5.94. The van der Waals surface area contributed by atoms with Gasteiger partial charge in [-0.2, -0.15) is 0 Å². The summed E-state index contributed by atoms with van der Waals surface area (Å²) in [5, 5.41) is 3.44. The molecule has 23 heavy (non-hydrogen) atoms. The van der Waals surface area contributed by atoms with Crippen LogP contribution in [0.4, 0.5) is 5.82 Å². The fourth-order valence-corrected chi connectivity index (χ4v) is 5.97. The Labute approximate surface area is 139 Å². The van der Waals surface area contributed by atoms with Crippen LogP contribution in [-0.4, -0.2) is 42.8 Å². The number of pyridine rings is 1. The molecule has 0 N–H and O–H groups in total. The number of nitrogens with zero attached hydrogens (tertiary/aromatic N) is 4. The van der Waals surface area contributed by atoms with E-state index in [2.05, 4.69) is 26.3 Å². The van der Waals surface area contributed by atoms with E-state index in [1.54, 1.807) is 17.5 Å². The number of aromatic nitrogens is 3. The molecule has 0 saturated carbocycles. The van der Waals surface area contributed by atoms with Gasteiger partial charge in [-0.1, -0.05) is 6.07 Å². The Bertz CT molecular complexity index is 911. The highest BCUT2D eigenvalue weighted by Crippen LogP contribution is 2.38. The van der Waals surface area contributed by atoms with Crippen molar-refractivity contribution >= 4 is 38.2 Å². The van der Waals surface area contributed by atoms with Gasteiger partial charge in [-0.25, -0.2) is 9.97 Å². The lowest BCUT2D eigenvalue weighted by Gasteiger charge is -2.28. The first kappa shape index (κ1) is 13.6. The van der Waals surface area contributed by atoms with Gasteiger partial charge in [0, 0.05) is 35.3 Å². The minimum Gasteiger partial charge on any atom is -0.351 e. The van der Waals surface area contributed by atoms with Crippen molar-refractivity contribution in [2.45, 2.75) is 17.7 Å². The van der Waals surface area contributed by atoms with Gasteiger partial charge in [-0.3, -0.25) is 9.19 Å². The van der Waals surface area contributed by atoms with Gasteiger partial charge in [0.15, 0.2) is 5.82 Å². The summed E-state index contributed by atoms with van der Waals surface area (Å²) >= 11 is 1.62. The first-order chi connectivity index (χ1) is 11.3. The molecule has 2 aliphatic heterocycles. The van der Waals surface area contributed by atoms with Crippen molar-refractivity contribution in [3.63, 3.8) is 0 Å². The topological polar surface area (TPSA) is 59.0 Å².